The molecular weight excluding hydrogens is 217 g/mol. The van der Waals surface area contributed by atoms with Gasteiger partial charge in [-0.05, 0) is 18.8 Å². The van der Waals surface area contributed by atoms with Crippen molar-refractivity contribution in [2.45, 2.75) is 50.7 Å². The first kappa shape index (κ1) is 13.8. The summed E-state index contributed by atoms with van der Waals surface area (Å²) in [4.78, 5) is 0. The molecule has 1 unspecified atom stereocenters. The maximum absolute atomic E-state index is 12.1. The molecule has 0 saturated heterocycles. The summed E-state index contributed by atoms with van der Waals surface area (Å²) in [6.45, 7) is -0.633. The van der Waals surface area contributed by atoms with Gasteiger partial charge in [-0.25, -0.2) is 0 Å². The second kappa shape index (κ2) is 6.45. The van der Waals surface area contributed by atoms with E-state index in [9.17, 15) is 13.2 Å². The first-order valence-electron chi connectivity index (χ1n) is 6.03. The van der Waals surface area contributed by atoms with Gasteiger partial charge in [-0.15, -0.1) is 0 Å². The van der Waals surface area contributed by atoms with Gasteiger partial charge in [0.05, 0.1) is 6.54 Å². The minimum atomic E-state index is -4.14. The number of rotatable bonds is 4. The van der Waals surface area contributed by atoms with Gasteiger partial charge in [0, 0.05) is 12.6 Å². The Bertz CT molecular complexity index is 186. The van der Waals surface area contributed by atoms with E-state index in [4.69, 9.17) is 5.73 Å². The van der Waals surface area contributed by atoms with Crippen LogP contribution >= 0.6 is 0 Å². The first-order chi connectivity index (χ1) is 7.53. The van der Waals surface area contributed by atoms with Gasteiger partial charge in [-0.1, -0.05) is 25.7 Å². The van der Waals surface area contributed by atoms with Crippen LogP contribution in [0.3, 0.4) is 0 Å². The molecule has 96 valence electrons. The van der Waals surface area contributed by atoms with Crippen LogP contribution in [-0.2, 0) is 0 Å². The lowest BCUT2D eigenvalue weighted by Gasteiger charge is -2.26. The van der Waals surface area contributed by atoms with Crippen molar-refractivity contribution in [3.63, 3.8) is 0 Å². The lowest BCUT2D eigenvalue weighted by Crippen LogP contribution is -2.46. The smallest absolute Gasteiger partial charge is 0.329 e. The van der Waals surface area contributed by atoms with Crippen LogP contribution in [0, 0.1) is 5.92 Å². The molecule has 0 aromatic carbocycles. The van der Waals surface area contributed by atoms with Gasteiger partial charge in [-0.3, -0.25) is 0 Å². The Balaban J connectivity index is 2.39. The van der Waals surface area contributed by atoms with Crippen molar-refractivity contribution in [1.82, 2.24) is 5.32 Å². The predicted octanol–water partition coefficient (Wildman–Crippen LogP) is 2.44. The highest BCUT2D eigenvalue weighted by Gasteiger charge is 2.30. The molecule has 0 aromatic heterocycles. The number of nitrogens with two attached hydrogens (primary N) is 1. The fraction of sp³-hybridized carbons (Fsp3) is 1.00. The minimum Gasteiger partial charge on any atom is -0.329 e. The van der Waals surface area contributed by atoms with E-state index in [0.717, 1.165) is 25.7 Å². The molecule has 3 N–H and O–H groups in total. The third-order valence-corrected chi connectivity index (χ3v) is 3.29. The molecule has 1 saturated carbocycles. The fourth-order valence-corrected chi connectivity index (χ4v) is 2.40. The molecule has 5 heteroatoms. The van der Waals surface area contributed by atoms with E-state index in [1.54, 1.807) is 0 Å². The number of halogens is 3. The Morgan fingerprint density at radius 2 is 1.69 bits per heavy atom. The summed E-state index contributed by atoms with van der Waals surface area (Å²) in [6.07, 6.45) is 2.52. The molecule has 1 atom stereocenters. The Hall–Kier alpha value is -0.290. The summed E-state index contributed by atoms with van der Waals surface area (Å²) in [6, 6.07) is -0.181. The monoisotopic (exact) mass is 238 g/mol. The van der Waals surface area contributed by atoms with E-state index in [-0.39, 0.29) is 6.04 Å². The van der Waals surface area contributed by atoms with E-state index in [1.807, 2.05) is 0 Å². The summed E-state index contributed by atoms with van der Waals surface area (Å²) in [5.41, 5.74) is 5.55. The molecule has 0 amide bonds. The first-order valence-corrected chi connectivity index (χ1v) is 6.03. The molecule has 0 heterocycles. The van der Waals surface area contributed by atoms with Gasteiger partial charge >= 0.3 is 6.18 Å². The van der Waals surface area contributed by atoms with E-state index >= 15 is 0 Å². The van der Waals surface area contributed by atoms with Gasteiger partial charge in [-0.2, -0.15) is 13.2 Å². The lowest BCUT2D eigenvalue weighted by atomic mass is 9.92. The van der Waals surface area contributed by atoms with Crippen molar-refractivity contribution < 1.29 is 13.2 Å². The van der Waals surface area contributed by atoms with Crippen LogP contribution in [0.4, 0.5) is 13.2 Å². The van der Waals surface area contributed by atoms with Crippen LogP contribution in [0.25, 0.3) is 0 Å². The average Bonchev–Trinajstić information content (AvgIpc) is 2.46. The molecule has 1 rings (SSSR count). The second-order valence-electron chi connectivity index (χ2n) is 4.59. The highest BCUT2D eigenvalue weighted by Crippen LogP contribution is 2.25. The molecule has 0 bridgehead atoms. The maximum Gasteiger partial charge on any atom is 0.401 e. The third kappa shape index (κ3) is 5.16. The molecule has 1 aliphatic carbocycles. The topological polar surface area (TPSA) is 38.0 Å². The van der Waals surface area contributed by atoms with Crippen molar-refractivity contribution in [2.24, 2.45) is 11.7 Å². The van der Waals surface area contributed by atoms with E-state index < -0.39 is 12.7 Å². The predicted molar refractivity (Wildman–Crippen MR) is 58.1 cm³/mol. The molecule has 1 aliphatic rings. The summed E-state index contributed by atoms with van der Waals surface area (Å²) in [7, 11) is 0. The Kier molecular flexibility index (Phi) is 5.55. The highest BCUT2D eigenvalue weighted by atomic mass is 19.4. The number of nitrogens with one attached hydrogen (secondary N) is 1. The van der Waals surface area contributed by atoms with Gasteiger partial charge in [0.25, 0.3) is 0 Å². The molecule has 0 aliphatic heterocycles. The van der Waals surface area contributed by atoms with E-state index in [0.29, 0.717) is 12.5 Å². The van der Waals surface area contributed by atoms with Gasteiger partial charge < -0.3 is 11.1 Å². The van der Waals surface area contributed by atoms with Crippen LogP contribution in [0.1, 0.15) is 38.5 Å². The van der Waals surface area contributed by atoms with E-state index in [2.05, 4.69) is 5.32 Å². The average molecular weight is 238 g/mol. The van der Waals surface area contributed by atoms with Crippen LogP contribution in [-0.4, -0.2) is 25.3 Å². The Morgan fingerprint density at radius 3 is 2.12 bits per heavy atom. The molecular formula is C11H21F3N2. The second-order valence-corrected chi connectivity index (χ2v) is 4.59. The number of hydrogen-bond donors (Lipinski definition) is 2. The van der Waals surface area contributed by atoms with Crippen LogP contribution in [0.15, 0.2) is 0 Å². The van der Waals surface area contributed by atoms with Gasteiger partial charge in [0.15, 0.2) is 0 Å². The van der Waals surface area contributed by atoms with Crippen LogP contribution < -0.4 is 11.1 Å². The normalized spacial score (nSPS) is 21.8. The van der Waals surface area contributed by atoms with E-state index in [1.165, 1.54) is 12.8 Å². The number of alkyl halides is 3. The quantitative estimate of drug-likeness (QED) is 0.738. The molecule has 0 aromatic rings. The van der Waals surface area contributed by atoms with Gasteiger partial charge in [0.2, 0.25) is 0 Å². The van der Waals surface area contributed by atoms with Crippen LogP contribution in [0.2, 0.25) is 0 Å². The zero-order chi connectivity index (χ0) is 12.0. The fourth-order valence-electron chi connectivity index (χ4n) is 2.40. The summed E-state index contributed by atoms with van der Waals surface area (Å²) < 4.78 is 36.3. The van der Waals surface area contributed by atoms with Crippen molar-refractivity contribution in [3.8, 4) is 0 Å². The van der Waals surface area contributed by atoms with Crippen molar-refractivity contribution >= 4 is 0 Å². The summed E-state index contributed by atoms with van der Waals surface area (Å²) in [5, 5.41) is 2.56. The molecule has 1 fully saturated rings. The zero-order valence-electron chi connectivity index (χ0n) is 9.52. The molecule has 0 spiro atoms. The molecule has 0 radical (unpaired) electrons. The third-order valence-electron chi connectivity index (χ3n) is 3.29. The minimum absolute atomic E-state index is 0.181. The van der Waals surface area contributed by atoms with Crippen molar-refractivity contribution in [2.75, 3.05) is 13.1 Å². The largest absolute Gasteiger partial charge is 0.401 e. The summed E-state index contributed by atoms with van der Waals surface area (Å²) >= 11 is 0. The number of hydrogen-bond acceptors (Lipinski definition) is 2. The Labute approximate surface area is 94.8 Å². The SMILES string of the molecule is NCC(NCC(F)(F)F)C1CCCCCC1. The maximum atomic E-state index is 12.1. The lowest BCUT2D eigenvalue weighted by molar-refractivity contribution is -0.126. The summed E-state index contributed by atoms with van der Waals surface area (Å²) in [5.74, 6) is 0.315. The van der Waals surface area contributed by atoms with Gasteiger partial charge in [0.1, 0.15) is 0 Å². The van der Waals surface area contributed by atoms with Crippen LogP contribution in [0.5, 0.6) is 0 Å². The van der Waals surface area contributed by atoms with Crippen molar-refractivity contribution in [1.29, 1.82) is 0 Å². The molecule has 16 heavy (non-hydrogen) atoms. The van der Waals surface area contributed by atoms with Crippen molar-refractivity contribution in [3.05, 3.63) is 0 Å². The molecule has 2 nitrogen and oxygen atoms in total. The Morgan fingerprint density at radius 1 is 1.12 bits per heavy atom. The zero-order valence-corrected chi connectivity index (χ0v) is 9.52. The standard InChI is InChI=1S/C11H21F3N2/c12-11(13,14)8-16-10(7-15)9-5-3-1-2-4-6-9/h9-10,16H,1-8,15H2. The highest BCUT2D eigenvalue weighted by molar-refractivity contribution is 4.80.